The maximum atomic E-state index is 10.5. The van der Waals surface area contributed by atoms with Crippen LogP contribution in [0.1, 0.15) is 21.5 Å². The fourth-order valence-electron chi connectivity index (χ4n) is 1.59. The zero-order chi connectivity index (χ0) is 11.4. The fraction of sp³-hybridized carbons (Fsp3) is 0.0769. The van der Waals surface area contributed by atoms with E-state index < -0.39 is 0 Å². The highest BCUT2D eigenvalue weighted by Gasteiger charge is 2.02. The Morgan fingerprint density at radius 3 is 2.81 bits per heavy atom. The van der Waals surface area contributed by atoms with Crippen molar-refractivity contribution in [1.29, 1.82) is 5.26 Å². The number of carbonyl (C=O) groups excluding carboxylic acids is 1. The number of nitriles is 1. The Morgan fingerprint density at radius 2 is 2.12 bits per heavy atom. The molecule has 16 heavy (non-hydrogen) atoms. The average molecular weight is 210 g/mol. The molecule has 0 aliphatic carbocycles. The summed E-state index contributed by atoms with van der Waals surface area (Å²) in [4.78, 5) is 10.5. The first-order chi connectivity index (χ1) is 7.83. The molecule has 0 fully saturated rings. The van der Waals surface area contributed by atoms with Crippen molar-refractivity contribution < 1.29 is 4.79 Å². The SMILES string of the molecule is N#Cc1ccccc1Cn1ccc(C=O)c1. The molecular weight excluding hydrogens is 200 g/mol. The van der Waals surface area contributed by atoms with Gasteiger partial charge in [0.1, 0.15) is 0 Å². The smallest absolute Gasteiger partial charge is 0.151 e. The van der Waals surface area contributed by atoms with Gasteiger partial charge in [-0.25, -0.2) is 0 Å². The Balaban J connectivity index is 2.27. The summed E-state index contributed by atoms with van der Waals surface area (Å²) >= 11 is 0. The molecule has 0 amide bonds. The van der Waals surface area contributed by atoms with Gasteiger partial charge in [-0.15, -0.1) is 0 Å². The van der Waals surface area contributed by atoms with Crippen molar-refractivity contribution in [2.45, 2.75) is 6.54 Å². The molecule has 0 atom stereocenters. The summed E-state index contributed by atoms with van der Waals surface area (Å²) in [5.74, 6) is 0. The van der Waals surface area contributed by atoms with Crippen LogP contribution in [-0.2, 0) is 6.54 Å². The Bertz CT molecular complexity index is 549. The van der Waals surface area contributed by atoms with E-state index in [1.807, 2.05) is 29.0 Å². The van der Waals surface area contributed by atoms with Crippen molar-refractivity contribution in [2.24, 2.45) is 0 Å². The minimum Gasteiger partial charge on any atom is -0.349 e. The number of aromatic nitrogens is 1. The highest BCUT2D eigenvalue weighted by Crippen LogP contribution is 2.10. The Hall–Kier alpha value is -2.34. The third-order valence-corrected chi connectivity index (χ3v) is 2.40. The lowest BCUT2D eigenvalue weighted by Crippen LogP contribution is -1.98. The van der Waals surface area contributed by atoms with Gasteiger partial charge in [0.15, 0.2) is 6.29 Å². The molecule has 0 radical (unpaired) electrons. The van der Waals surface area contributed by atoms with Gasteiger partial charge in [0.25, 0.3) is 0 Å². The van der Waals surface area contributed by atoms with Gasteiger partial charge in [-0.05, 0) is 17.7 Å². The number of aldehydes is 1. The molecule has 0 saturated carbocycles. The number of benzene rings is 1. The molecule has 0 bridgehead atoms. The van der Waals surface area contributed by atoms with Crippen LogP contribution in [-0.4, -0.2) is 10.9 Å². The van der Waals surface area contributed by atoms with Gasteiger partial charge in [-0.2, -0.15) is 5.26 Å². The molecule has 0 aliphatic rings. The summed E-state index contributed by atoms with van der Waals surface area (Å²) in [6, 6.07) is 11.4. The second-order valence-electron chi connectivity index (χ2n) is 3.50. The van der Waals surface area contributed by atoms with Crippen LogP contribution in [0.3, 0.4) is 0 Å². The van der Waals surface area contributed by atoms with Crippen LogP contribution < -0.4 is 0 Å². The first kappa shape index (κ1) is 10.2. The minimum atomic E-state index is 0.609. The third kappa shape index (κ3) is 2.01. The Labute approximate surface area is 93.6 Å². The topological polar surface area (TPSA) is 45.8 Å². The zero-order valence-electron chi connectivity index (χ0n) is 8.63. The minimum absolute atomic E-state index is 0.609. The van der Waals surface area contributed by atoms with Crippen molar-refractivity contribution in [1.82, 2.24) is 4.57 Å². The lowest BCUT2D eigenvalue weighted by molar-refractivity contribution is 0.112. The van der Waals surface area contributed by atoms with E-state index in [4.69, 9.17) is 5.26 Å². The predicted molar refractivity (Wildman–Crippen MR) is 60.1 cm³/mol. The number of hydrogen-bond acceptors (Lipinski definition) is 2. The second kappa shape index (κ2) is 4.45. The summed E-state index contributed by atoms with van der Waals surface area (Å²) in [7, 11) is 0. The molecule has 2 aromatic rings. The summed E-state index contributed by atoms with van der Waals surface area (Å²) in [5, 5.41) is 8.93. The predicted octanol–water partition coefficient (Wildman–Crippen LogP) is 2.22. The van der Waals surface area contributed by atoms with E-state index in [9.17, 15) is 4.79 Å². The van der Waals surface area contributed by atoms with Gasteiger partial charge in [0.05, 0.1) is 11.6 Å². The monoisotopic (exact) mass is 210 g/mol. The molecule has 0 spiro atoms. The number of carbonyl (C=O) groups is 1. The van der Waals surface area contributed by atoms with Crippen LogP contribution in [0.15, 0.2) is 42.7 Å². The first-order valence-corrected chi connectivity index (χ1v) is 4.92. The fourth-order valence-corrected chi connectivity index (χ4v) is 1.59. The van der Waals surface area contributed by atoms with Crippen molar-refractivity contribution in [3.05, 3.63) is 59.4 Å². The van der Waals surface area contributed by atoms with E-state index in [0.29, 0.717) is 17.7 Å². The Morgan fingerprint density at radius 1 is 1.31 bits per heavy atom. The molecule has 1 aromatic heterocycles. The van der Waals surface area contributed by atoms with Crippen LogP contribution in [0, 0.1) is 11.3 Å². The molecule has 78 valence electrons. The molecular formula is C13H10N2O. The van der Waals surface area contributed by atoms with Gasteiger partial charge in [-0.3, -0.25) is 4.79 Å². The molecule has 0 saturated heterocycles. The summed E-state index contributed by atoms with van der Waals surface area (Å²) < 4.78 is 1.89. The maximum absolute atomic E-state index is 10.5. The quantitative estimate of drug-likeness (QED) is 0.729. The van der Waals surface area contributed by atoms with Gasteiger partial charge >= 0.3 is 0 Å². The van der Waals surface area contributed by atoms with E-state index in [1.165, 1.54) is 0 Å². The van der Waals surface area contributed by atoms with Gasteiger partial charge < -0.3 is 4.57 Å². The first-order valence-electron chi connectivity index (χ1n) is 4.92. The van der Waals surface area contributed by atoms with E-state index in [1.54, 1.807) is 18.3 Å². The molecule has 3 heteroatoms. The maximum Gasteiger partial charge on any atom is 0.151 e. The number of nitrogens with zero attached hydrogens (tertiary/aromatic N) is 2. The van der Waals surface area contributed by atoms with E-state index >= 15 is 0 Å². The van der Waals surface area contributed by atoms with Crippen LogP contribution in [0.4, 0.5) is 0 Å². The van der Waals surface area contributed by atoms with Crippen molar-refractivity contribution in [2.75, 3.05) is 0 Å². The van der Waals surface area contributed by atoms with Crippen LogP contribution in [0.25, 0.3) is 0 Å². The molecule has 1 heterocycles. The largest absolute Gasteiger partial charge is 0.349 e. The van der Waals surface area contributed by atoms with Crippen LogP contribution in [0.5, 0.6) is 0 Å². The lowest BCUT2D eigenvalue weighted by atomic mass is 10.1. The second-order valence-corrected chi connectivity index (χ2v) is 3.50. The molecule has 0 unspecified atom stereocenters. The van der Waals surface area contributed by atoms with Crippen molar-refractivity contribution in [3.63, 3.8) is 0 Å². The molecule has 2 rings (SSSR count). The van der Waals surface area contributed by atoms with Crippen molar-refractivity contribution >= 4 is 6.29 Å². The van der Waals surface area contributed by atoms with Crippen molar-refractivity contribution in [3.8, 4) is 6.07 Å². The van der Waals surface area contributed by atoms with E-state index in [-0.39, 0.29) is 0 Å². The summed E-state index contributed by atoms with van der Waals surface area (Å²) in [5.41, 5.74) is 2.27. The standard InChI is InChI=1S/C13H10N2O/c14-7-12-3-1-2-4-13(12)9-15-6-5-11(8-15)10-16/h1-6,8,10H,9H2. The van der Waals surface area contributed by atoms with Gasteiger partial charge in [0, 0.05) is 24.5 Å². The lowest BCUT2D eigenvalue weighted by Gasteiger charge is -2.04. The van der Waals surface area contributed by atoms with Gasteiger partial charge in [-0.1, -0.05) is 18.2 Å². The van der Waals surface area contributed by atoms with E-state index in [0.717, 1.165) is 11.8 Å². The van der Waals surface area contributed by atoms with E-state index in [2.05, 4.69) is 6.07 Å². The zero-order valence-corrected chi connectivity index (χ0v) is 8.63. The summed E-state index contributed by atoms with van der Waals surface area (Å²) in [6.07, 6.45) is 4.41. The number of rotatable bonds is 3. The highest BCUT2D eigenvalue weighted by atomic mass is 16.1. The summed E-state index contributed by atoms with van der Waals surface area (Å²) in [6.45, 7) is 0.609. The molecule has 0 aliphatic heterocycles. The normalized spacial score (nSPS) is 9.69. The highest BCUT2D eigenvalue weighted by molar-refractivity contribution is 5.74. The molecule has 0 N–H and O–H groups in total. The molecule has 3 nitrogen and oxygen atoms in total. The average Bonchev–Trinajstić information content (AvgIpc) is 2.77. The Kier molecular flexibility index (Phi) is 2.84. The molecule has 1 aromatic carbocycles. The van der Waals surface area contributed by atoms with Gasteiger partial charge in [0.2, 0.25) is 0 Å². The van der Waals surface area contributed by atoms with Crippen LogP contribution >= 0.6 is 0 Å². The van der Waals surface area contributed by atoms with Crippen LogP contribution in [0.2, 0.25) is 0 Å². The third-order valence-electron chi connectivity index (χ3n) is 2.40. The number of hydrogen-bond donors (Lipinski definition) is 0.